The molecule has 0 fully saturated rings. The van der Waals surface area contributed by atoms with Crippen LogP contribution in [-0.2, 0) is 6.42 Å². The largest absolute Gasteiger partial charge is 0.384 e. The number of benzene rings is 2. The summed E-state index contributed by atoms with van der Waals surface area (Å²) < 4.78 is 13.3. The number of fused-ring (bicyclic) bond motifs is 1. The zero-order valence-corrected chi connectivity index (χ0v) is 10.7. The van der Waals surface area contributed by atoms with Gasteiger partial charge in [-0.05, 0) is 66.3 Å². The molecule has 2 aromatic carbocycles. The van der Waals surface area contributed by atoms with E-state index >= 15 is 0 Å². The highest BCUT2D eigenvalue weighted by Crippen LogP contribution is 2.33. The number of anilines is 1. The van der Waals surface area contributed by atoms with E-state index in [1.165, 1.54) is 11.3 Å². The van der Waals surface area contributed by atoms with Gasteiger partial charge in [-0.1, -0.05) is 12.1 Å². The van der Waals surface area contributed by atoms with Crippen LogP contribution in [0.1, 0.15) is 16.7 Å². The maximum Gasteiger partial charge on any atom is 0.123 e. The summed E-state index contributed by atoms with van der Waals surface area (Å²) in [5.41, 5.74) is 6.88. The lowest BCUT2D eigenvalue weighted by Crippen LogP contribution is -1.93. The SMILES string of the molecule is Cc1cc(F)cc(C)c1-c1ccc2c(c1)NCC2. The first kappa shape index (κ1) is 11.3. The van der Waals surface area contributed by atoms with Crippen LogP contribution in [0, 0.1) is 19.7 Å². The molecule has 1 aliphatic heterocycles. The second-order valence-corrected chi connectivity index (χ2v) is 4.96. The zero-order chi connectivity index (χ0) is 12.7. The molecule has 0 amide bonds. The van der Waals surface area contributed by atoms with E-state index in [-0.39, 0.29) is 5.82 Å². The number of hydrogen-bond donors (Lipinski definition) is 1. The van der Waals surface area contributed by atoms with Gasteiger partial charge in [-0.25, -0.2) is 4.39 Å². The quantitative estimate of drug-likeness (QED) is 0.793. The lowest BCUT2D eigenvalue weighted by molar-refractivity contribution is 0.625. The maximum absolute atomic E-state index is 13.3. The van der Waals surface area contributed by atoms with Gasteiger partial charge in [0.2, 0.25) is 0 Å². The van der Waals surface area contributed by atoms with Crippen LogP contribution in [0.2, 0.25) is 0 Å². The minimum Gasteiger partial charge on any atom is -0.384 e. The lowest BCUT2D eigenvalue weighted by Gasteiger charge is -2.12. The topological polar surface area (TPSA) is 12.0 Å². The minimum absolute atomic E-state index is 0.159. The monoisotopic (exact) mass is 241 g/mol. The van der Waals surface area contributed by atoms with Crippen molar-refractivity contribution in [3.63, 3.8) is 0 Å². The molecule has 0 aromatic heterocycles. The third-order valence-electron chi connectivity index (χ3n) is 3.61. The summed E-state index contributed by atoms with van der Waals surface area (Å²) in [6.07, 6.45) is 1.09. The van der Waals surface area contributed by atoms with Gasteiger partial charge in [0.15, 0.2) is 0 Å². The van der Waals surface area contributed by atoms with E-state index in [1.807, 2.05) is 13.8 Å². The Hall–Kier alpha value is -1.83. The molecule has 2 aromatic rings. The zero-order valence-electron chi connectivity index (χ0n) is 10.7. The highest BCUT2D eigenvalue weighted by atomic mass is 19.1. The summed E-state index contributed by atoms with van der Waals surface area (Å²) in [7, 11) is 0. The van der Waals surface area contributed by atoms with E-state index in [1.54, 1.807) is 12.1 Å². The van der Waals surface area contributed by atoms with E-state index in [2.05, 4.69) is 23.5 Å². The highest BCUT2D eigenvalue weighted by Gasteiger charge is 2.13. The van der Waals surface area contributed by atoms with Gasteiger partial charge in [-0.3, -0.25) is 0 Å². The molecule has 0 aliphatic carbocycles. The van der Waals surface area contributed by atoms with Crippen molar-refractivity contribution in [3.8, 4) is 11.1 Å². The summed E-state index contributed by atoms with van der Waals surface area (Å²) in [6.45, 7) is 4.94. The number of hydrogen-bond acceptors (Lipinski definition) is 1. The predicted molar refractivity (Wildman–Crippen MR) is 73.5 cm³/mol. The summed E-state index contributed by atoms with van der Waals surface area (Å²) in [6, 6.07) is 9.69. The molecule has 0 bridgehead atoms. The molecule has 0 saturated heterocycles. The van der Waals surface area contributed by atoms with Crippen molar-refractivity contribution in [2.45, 2.75) is 20.3 Å². The van der Waals surface area contributed by atoms with Gasteiger partial charge in [0.1, 0.15) is 5.82 Å². The number of nitrogens with one attached hydrogen (secondary N) is 1. The minimum atomic E-state index is -0.159. The third-order valence-corrected chi connectivity index (χ3v) is 3.61. The molecule has 18 heavy (non-hydrogen) atoms. The molecule has 1 nitrogen and oxygen atoms in total. The van der Waals surface area contributed by atoms with Crippen LogP contribution in [0.15, 0.2) is 30.3 Å². The Morgan fingerprint density at radius 3 is 2.50 bits per heavy atom. The summed E-state index contributed by atoms with van der Waals surface area (Å²) in [4.78, 5) is 0. The van der Waals surface area contributed by atoms with E-state index in [0.29, 0.717) is 0 Å². The van der Waals surface area contributed by atoms with E-state index in [9.17, 15) is 4.39 Å². The molecule has 3 rings (SSSR count). The number of rotatable bonds is 1. The van der Waals surface area contributed by atoms with Gasteiger partial charge in [0.05, 0.1) is 0 Å². The van der Waals surface area contributed by atoms with Crippen molar-refractivity contribution in [1.29, 1.82) is 0 Å². The lowest BCUT2D eigenvalue weighted by atomic mass is 9.94. The molecular weight excluding hydrogens is 225 g/mol. The molecule has 2 heteroatoms. The Balaban J connectivity index is 2.16. The molecular formula is C16H16FN. The Morgan fingerprint density at radius 2 is 1.78 bits per heavy atom. The maximum atomic E-state index is 13.3. The van der Waals surface area contributed by atoms with E-state index < -0.39 is 0 Å². The number of aryl methyl sites for hydroxylation is 2. The fourth-order valence-electron chi connectivity index (χ4n) is 2.81. The molecule has 0 atom stereocenters. The van der Waals surface area contributed by atoms with Crippen molar-refractivity contribution in [2.24, 2.45) is 0 Å². The molecule has 92 valence electrons. The summed E-state index contributed by atoms with van der Waals surface area (Å²) in [5, 5.41) is 3.39. The van der Waals surface area contributed by atoms with E-state index in [0.717, 1.165) is 35.2 Å². The van der Waals surface area contributed by atoms with Crippen molar-refractivity contribution < 1.29 is 4.39 Å². The van der Waals surface area contributed by atoms with Crippen molar-refractivity contribution in [1.82, 2.24) is 0 Å². The van der Waals surface area contributed by atoms with Crippen LogP contribution in [0.5, 0.6) is 0 Å². The van der Waals surface area contributed by atoms with Crippen LogP contribution in [0.25, 0.3) is 11.1 Å². The molecule has 0 radical (unpaired) electrons. The second-order valence-electron chi connectivity index (χ2n) is 4.96. The Morgan fingerprint density at radius 1 is 1.06 bits per heavy atom. The molecule has 1 N–H and O–H groups in total. The fourth-order valence-corrected chi connectivity index (χ4v) is 2.81. The highest BCUT2D eigenvalue weighted by molar-refractivity contribution is 5.75. The van der Waals surface area contributed by atoms with Gasteiger partial charge >= 0.3 is 0 Å². The average Bonchev–Trinajstić information content (AvgIpc) is 2.74. The summed E-state index contributed by atoms with van der Waals surface area (Å²) >= 11 is 0. The van der Waals surface area contributed by atoms with Gasteiger partial charge in [-0.15, -0.1) is 0 Å². The molecule has 0 saturated carbocycles. The first-order valence-corrected chi connectivity index (χ1v) is 6.29. The fraction of sp³-hybridized carbons (Fsp3) is 0.250. The van der Waals surface area contributed by atoms with E-state index in [4.69, 9.17) is 0 Å². The molecule has 1 aliphatic rings. The molecule has 0 unspecified atom stereocenters. The van der Waals surface area contributed by atoms with Gasteiger partial charge in [-0.2, -0.15) is 0 Å². The van der Waals surface area contributed by atoms with Crippen molar-refractivity contribution in [3.05, 3.63) is 52.8 Å². The van der Waals surface area contributed by atoms with Gasteiger partial charge in [0, 0.05) is 12.2 Å². The van der Waals surface area contributed by atoms with Crippen LogP contribution in [0.4, 0.5) is 10.1 Å². The van der Waals surface area contributed by atoms with Crippen LogP contribution in [0.3, 0.4) is 0 Å². The first-order valence-electron chi connectivity index (χ1n) is 6.29. The number of halogens is 1. The molecule has 1 heterocycles. The van der Waals surface area contributed by atoms with Crippen molar-refractivity contribution in [2.75, 3.05) is 11.9 Å². The average molecular weight is 241 g/mol. The van der Waals surface area contributed by atoms with Crippen LogP contribution in [-0.4, -0.2) is 6.54 Å². The summed E-state index contributed by atoms with van der Waals surface area (Å²) in [5.74, 6) is -0.159. The van der Waals surface area contributed by atoms with Crippen LogP contribution < -0.4 is 5.32 Å². The Labute approximate surface area is 107 Å². The van der Waals surface area contributed by atoms with Crippen LogP contribution >= 0.6 is 0 Å². The second kappa shape index (κ2) is 4.13. The van der Waals surface area contributed by atoms with Crippen molar-refractivity contribution >= 4 is 5.69 Å². The Kier molecular flexibility index (Phi) is 2.58. The third kappa shape index (κ3) is 1.78. The Bertz CT molecular complexity index is 593. The van der Waals surface area contributed by atoms with Gasteiger partial charge < -0.3 is 5.32 Å². The normalized spacial score (nSPS) is 13.3. The standard InChI is InChI=1S/C16H16FN/c1-10-7-14(17)8-11(2)16(10)13-4-3-12-5-6-18-15(12)9-13/h3-4,7-9,18H,5-6H2,1-2H3. The van der Waals surface area contributed by atoms with Gasteiger partial charge in [0.25, 0.3) is 0 Å². The first-order chi connectivity index (χ1) is 8.65. The predicted octanol–water partition coefficient (Wildman–Crippen LogP) is 4.08. The molecule has 0 spiro atoms. The smallest absolute Gasteiger partial charge is 0.123 e.